The molecule has 8 nitrogen and oxygen atoms in total. The van der Waals surface area contributed by atoms with Crippen LogP contribution in [0.4, 0.5) is 4.39 Å². The highest BCUT2D eigenvalue weighted by molar-refractivity contribution is 7.91. The van der Waals surface area contributed by atoms with E-state index in [0.717, 1.165) is 6.07 Å². The van der Waals surface area contributed by atoms with Crippen LogP contribution in [0.15, 0.2) is 77.0 Å². The molecule has 33 heavy (non-hydrogen) atoms. The van der Waals surface area contributed by atoms with E-state index in [1.807, 2.05) is 6.92 Å². The van der Waals surface area contributed by atoms with Crippen LogP contribution in [-0.2, 0) is 16.4 Å². The van der Waals surface area contributed by atoms with Gasteiger partial charge in [0.05, 0.1) is 22.0 Å². The van der Waals surface area contributed by atoms with Gasteiger partial charge in [0.1, 0.15) is 0 Å². The minimum absolute atomic E-state index is 0.0178. The van der Waals surface area contributed by atoms with Crippen LogP contribution in [0.1, 0.15) is 29.3 Å². The van der Waals surface area contributed by atoms with Crippen LogP contribution in [-0.4, -0.2) is 35.3 Å². The predicted octanol–water partition coefficient (Wildman–Crippen LogP) is 3.42. The summed E-state index contributed by atoms with van der Waals surface area (Å²) in [6.45, 7) is 2.43. The molecule has 2 heterocycles. The van der Waals surface area contributed by atoms with E-state index in [-0.39, 0.29) is 28.0 Å². The molecule has 0 aliphatic carbocycles. The second-order valence-corrected chi connectivity index (χ2v) is 9.20. The number of nitrogens with zero attached hydrogens (tertiary/aromatic N) is 3. The topological polar surface area (TPSA) is 103 Å². The Labute approximate surface area is 190 Å². The molecule has 0 fully saturated rings. The molecule has 0 bridgehead atoms. The molecular formula is C23H21FN4O4S. The Morgan fingerprint density at radius 1 is 1.12 bits per heavy atom. The zero-order valence-corrected chi connectivity index (χ0v) is 18.5. The van der Waals surface area contributed by atoms with Crippen LogP contribution in [0, 0.1) is 5.82 Å². The Balaban J connectivity index is 1.43. The number of hydrogen-bond donors (Lipinski definition) is 1. The van der Waals surface area contributed by atoms with Gasteiger partial charge in [-0.2, -0.15) is 0 Å². The van der Waals surface area contributed by atoms with Crippen molar-refractivity contribution >= 4 is 21.5 Å². The van der Waals surface area contributed by atoms with Crippen molar-refractivity contribution in [1.29, 1.82) is 0 Å². The average Bonchev–Trinajstić information content (AvgIpc) is 3.30. The van der Waals surface area contributed by atoms with Gasteiger partial charge in [0.2, 0.25) is 15.6 Å². The van der Waals surface area contributed by atoms with Crippen molar-refractivity contribution in [1.82, 2.24) is 19.7 Å². The normalized spacial score (nSPS) is 11.5. The monoisotopic (exact) mass is 468 g/mol. The summed E-state index contributed by atoms with van der Waals surface area (Å²) in [5.74, 6) is -0.543. The lowest BCUT2D eigenvalue weighted by atomic mass is 10.2. The summed E-state index contributed by atoms with van der Waals surface area (Å²) in [4.78, 5) is 20.4. The predicted molar refractivity (Wildman–Crippen MR) is 118 cm³/mol. The number of imidazole rings is 1. The standard InChI is InChI=1S/C23H21FN4O4S/c1-2-11-32-21-8-7-19(12-20(21)24)33(30,31)18-5-3-16(4-6-18)13-26-22(29)17-14-27-23-25-9-10-28(23)15-17/h3-10,12,14-15H,2,11,13H2,1H3,(H,26,29). The molecule has 0 spiro atoms. The van der Waals surface area contributed by atoms with Crippen molar-refractivity contribution in [2.75, 3.05) is 6.61 Å². The quantitative estimate of drug-likeness (QED) is 0.425. The number of carbonyl (C=O) groups excluding carboxylic acids is 1. The first-order valence-electron chi connectivity index (χ1n) is 10.2. The van der Waals surface area contributed by atoms with E-state index in [4.69, 9.17) is 4.74 Å². The summed E-state index contributed by atoms with van der Waals surface area (Å²) < 4.78 is 46.9. The number of rotatable bonds is 8. The van der Waals surface area contributed by atoms with Crippen LogP contribution >= 0.6 is 0 Å². The summed E-state index contributed by atoms with van der Waals surface area (Å²) >= 11 is 0. The largest absolute Gasteiger partial charge is 0.491 e. The highest BCUT2D eigenvalue weighted by atomic mass is 32.2. The Hall–Kier alpha value is -3.79. The average molecular weight is 469 g/mol. The minimum atomic E-state index is -3.90. The Bertz CT molecular complexity index is 1400. The van der Waals surface area contributed by atoms with Gasteiger partial charge in [-0.15, -0.1) is 0 Å². The number of benzene rings is 2. The van der Waals surface area contributed by atoms with Gasteiger partial charge in [0.15, 0.2) is 11.6 Å². The van der Waals surface area contributed by atoms with E-state index in [1.54, 1.807) is 35.1 Å². The van der Waals surface area contributed by atoms with Gasteiger partial charge in [-0.3, -0.25) is 9.20 Å². The maximum absolute atomic E-state index is 14.2. The first-order chi connectivity index (χ1) is 15.9. The molecule has 2 aromatic carbocycles. The molecule has 170 valence electrons. The SMILES string of the molecule is CCCOc1ccc(S(=O)(=O)c2ccc(CNC(=O)c3cnc4nccn4c3)cc2)cc1F. The number of halogens is 1. The van der Waals surface area contributed by atoms with Gasteiger partial charge in [0, 0.05) is 31.3 Å². The van der Waals surface area contributed by atoms with Crippen LogP contribution in [0.5, 0.6) is 5.75 Å². The number of amides is 1. The Morgan fingerprint density at radius 2 is 1.88 bits per heavy atom. The van der Waals surface area contributed by atoms with Crippen molar-refractivity contribution in [2.45, 2.75) is 29.7 Å². The number of sulfone groups is 1. The van der Waals surface area contributed by atoms with Crippen molar-refractivity contribution in [3.63, 3.8) is 0 Å². The van der Waals surface area contributed by atoms with Crippen LogP contribution < -0.4 is 10.1 Å². The summed E-state index contributed by atoms with van der Waals surface area (Å²) in [7, 11) is -3.90. The van der Waals surface area contributed by atoms with Gasteiger partial charge < -0.3 is 10.1 Å². The molecule has 1 amide bonds. The molecule has 0 unspecified atom stereocenters. The molecule has 0 aliphatic heterocycles. The smallest absolute Gasteiger partial charge is 0.254 e. The molecule has 2 aromatic heterocycles. The number of carbonyl (C=O) groups is 1. The zero-order chi connectivity index (χ0) is 23.4. The third-order valence-electron chi connectivity index (χ3n) is 4.87. The molecule has 4 rings (SSSR count). The second-order valence-electron chi connectivity index (χ2n) is 7.25. The molecular weight excluding hydrogens is 447 g/mol. The fourth-order valence-electron chi connectivity index (χ4n) is 3.12. The fraction of sp³-hybridized carbons (Fsp3) is 0.174. The minimum Gasteiger partial charge on any atom is -0.491 e. The summed E-state index contributed by atoms with van der Waals surface area (Å²) in [6, 6.07) is 9.64. The van der Waals surface area contributed by atoms with Crippen LogP contribution in [0.25, 0.3) is 5.78 Å². The zero-order valence-electron chi connectivity index (χ0n) is 17.7. The van der Waals surface area contributed by atoms with Gasteiger partial charge >= 0.3 is 0 Å². The van der Waals surface area contributed by atoms with Crippen molar-refractivity contribution < 1.29 is 22.3 Å². The van der Waals surface area contributed by atoms with E-state index in [0.29, 0.717) is 29.9 Å². The molecule has 4 aromatic rings. The molecule has 0 atom stereocenters. The van der Waals surface area contributed by atoms with Crippen molar-refractivity contribution in [3.8, 4) is 5.75 Å². The Morgan fingerprint density at radius 3 is 2.61 bits per heavy atom. The molecule has 0 aliphatic rings. The third kappa shape index (κ3) is 4.85. The van der Waals surface area contributed by atoms with Gasteiger partial charge in [-0.1, -0.05) is 19.1 Å². The number of ether oxygens (including phenoxy) is 1. The lowest BCUT2D eigenvalue weighted by molar-refractivity contribution is 0.0950. The van der Waals surface area contributed by atoms with Crippen molar-refractivity contribution in [3.05, 3.63) is 84.2 Å². The van der Waals surface area contributed by atoms with E-state index in [9.17, 15) is 17.6 Å². The highest BCUT2D eigenvalue weighted by Gasteiger charge is 2.20. The first kappa shape index (κ1) is 22.4. The molecule has 10 heteroatoms. The van der Waals surface area contributed by atoms with Gasteiger partial charge in [-0.05, 0) is 42.3 Å². The van der Waals surface area contributed by atoms with E-state index >= 15 is 0 Å². The molecule has 0 radical (unpaired) electrons. The summed E-state index contributed by atoms with van der Waals surface area (Å²) in [5, 5.41) is 2.77. The van der Waals surface area contributed by atoms with E-state index in [2.05, 4.69) is 15.3 Å². The maximum atomic E-state index is 14.2. The summed E-state index contributed by atoms with van der Waals surface area (Å²) in [5.41, 5.74) is 1.07. The van der Waals surface area contributed by atoms with Crippen LogP contribution in [0.2, 0.25) is 0 Å². The first-order valence-corrected chi connectivity index (χ1v) is 11.7. The maximum Gasteiger partial charge on any atom is 0.254 e. The number of fused-ring (bicyclic) bond motifs is 1. The fourth-order valence-corrected chi connectivity index (χ4v) is 4.39. The van der Waals surface area contributed by atoms with Gasteiger partial charge in [-0.25, -0.2) is 22.8 Å². The third-order valence-corrected chi connectivity index (χ3v) is 6.64. The Kier molecular flexibility index (Phi) is 6.36. The number of hydrogen-bond acceptors (Lipinski definition) is 6. The van der Waals surface area contributed by atoms with Gasteiger partial charge in [0.25, 0.3) is 5.91 Å². The summed E-state index contributed by atoms with van der Waals surface area (Å²) in [6.07, 6.45) is 7.05. The number of aromatic nitrogens is 3. The number of nitrogens with one attached hydrogen (secondary N) is 1. The lowest BCUT2D eigenvalue weighted by Gasteiger charge is -2.10. The van der Waals surface area contributed by atoms with E-state index < -0.39 is 15.7 Å². The molecule has 0 saturated carbocycles. The van der Waals surface area contributed by atoms with Crippen LogP contribution in [0.3, 0.4) is 0 Å². The molecule has 1 N–H and O–H groups in total. The second kappa shape index (κ2) is 9.37. The lowest BCUT2D eigenvalue weighted by Crippen LogP contribution is -2.23. The molecule has 0 saturated heterocycles. The van der Waals surface area contributed by atoms with E-state index in [1.165, 1.54) is 30.5 Å². The highest BCUT2D eigenvalue weighted by Crippen LogP contribution is 2.26. The van der Waals surface area contributed by atoms with Crippen molar-refractivity contribution in [2.24, 2.45) is 0 Å².